The van der Waals surface area contributed by atoms with E-state index in [2.05, 4.69) is 14.9 Å². The smallest absolute Gasteiger partial charge is 0.150 e. The van der Waals surface area contributed by atoms with Crippen LogP contribution in [0.25, 0.3) is 0 Å². The fraction of sp³-hybridized carbons (Fsp3) is 0.636. The molecular weight excluding hydrogens is 245 g/mol. The molecule has 2 unspecified atom stereocenters. The van der Waals surface area contributed by atoms with E-state index in [4.69, 9.17) is 23.2 Å². The van der Waals surface area contributed by atoms with Gasteiger partial charge < -0.3 is 4.90 Å². The summed E-state index contributed by atoms with van der Waals surface area (Å²) in [6.45, 7) is 0. The van der Waals surface area contributed by atoms with Crippen LogP contribution in [0, 0.1) is 0 Å². The van der Waals surface area contributed by atoms with Crippen molar-refractivity contribution in [3.8, 4) is 0 Å². The summed E-state index contributed by atoms with van der Waals surface area (Å²) in [6.07, 6.45) is 7.75. The van der Waals surface area contributed by atoms with Gasteiger partial charge in [0.1, 0.15) is 11.3 Å². The van der Waals surface area contributed by atoms with Crippen LogP contribution in [0.3, 0.4) is 0 Å². The highest BCUT2D eigenvalue weighted by molar-refractivity contribution is 6.32. The number of anilines is 1. The first kappa shape index (κ1) is 11.9. The molecule has 1 aromatic rings. The molecule has 0 saturated heterocycles. The van der Waals surface area contributed by atoms with E-state index in [1.807, 2.05) is 7.05 Å². The zero-order chi connectivity index (χ0) is 11.5. The van der Waals surface area contributed by atoms with E-state index in [1.54, 1.807) is 6.20 Å². The second-order valence-electron chi connectivity index (χ2n) is 4.17. The van der Waals surface area contributed by atoms with Crippen LogP contribution in [0.15, 0.2) is 12.5 Å². The van der Waals surface area contributed by atoms with E-state index in [1.165, 1.54) is 19.2 Å². The Labute approximate surface area is 106 Å². The summed E-state index contributed by atoms with van der Waals surface area (Å²) in [5.41, 5.74) is 0. The Morgan fingerprint density at radius 3 is 2.81 bits per heavy atom. The van der Waals surface area contributed by atoms with Crippen LogP contribution in [0.4, 0.5) is 5.82 Å². The first-order chi connectivity index (χ1) is 7.70. The molecule has 5 heteroatoms. The van der Waals surface area contributed by atoms with Crippen LogP contribution in [0.1, 0.15) is 25.7 Å². The molecule has 1 aliphatic rings. The van der Waals surface area contributed by atoms with Crippen LogP contribution in [0.5, 0.6) is 0 Å². The third-order valence-electron chi connectivity index (χ3n) is 3.13. The lowest BCUT2D eigenvalue weighted by Gasteiger charge is -2.35. The SMILES string of the molecule is CN(c1ncncc1Cl)C1CCCCC1Cl. The van der Waals surface area contributed by atoms with Gasteiger partial charge in [-0.3, -0.25) is 0 Å². The van der Waals surface area contributed by atoms with Gasteiger partial charge in [0.25, 0.3) is 0 Å². The molecule has 88 valence electrons. The van der Waals surface area contributed by atoms with Crippen LogP contribution >= 0.6 is 23.2 Å². The number of aromatic nitrogens is 2. The molecule has 2 rings (SSSR count). The molecule has 1 saturated carbocycles. The van der Waals surface area contributed by atoms with Crippen molar-refractivity contribution in [2.45, 2.75) is 37.1 Å². The van der Waals surface area contributed by atoms with Crippen LogP contribution in [-0.2, 0) is 0 Å². The van der Waals surface area contributed by atoms with Gasteiger partial charge in [0.2, 0.25) is 0 Å². The minimum Gasteiger partial charge on any atom is -0.354 e. The van der Waals surface area contributed by atoms with Gasteiger partial charge >= 0.3 is 0 Å². The molecule has 16 heavy (non-hydrogen) atoms. The number of halogens is 2. The summed E-state index contributed by atoms with van der Waals surface area (Å²) < 4.78 is 0. The Hall–Kier alpha value is -0.540. The second kappa shape index (κ2) is 5.19. The molecule has 0 aromatic carbocycles. The largest absolute Gasteiger partial charge is 0.354 e. The molecule has 0 spiro atoms. The molecular formula is C11H15Cl2N3. The van der Waals surface area contributed by atoms with Crippen LogP contribution < -0.4 is 4.90 Å². The zero-order valence-electron chi connectivity index (χ0n) is 9.24. The predicted octanol–water partition coefficient (Wildman–Crippen LogP) is 3.12. The molecule has 0 bridgehead atoms. The van der Waals surface area contributed by atoms with Gasteiger partial charge in [0.15, 0.2) is 5.82 Å². The topological polar surface area (TPSA) is 29.0 Å². The quantitative estimate of drug-likeness (QED) is 0.765. The van der Waals surface area contributed by atoms with Gasteiger partial charge in [-0.25, -0.2) is 9.97 Å². The van der Waals surface area contributed by atoms with E-state index < -0.39 is 0 Å². The van der Waals surface area contributed by atoms with Crippen LogP contribution in [0.2, 0.25) is 5.02 Å². The number of rotatable bonds is 2. The standard InChI is InChI=1S/C11H15Cl2N3/c1-16(10-5-3-2-4-8(10)12)11-9(13)6-14-7-15-11/h6-8,10H,2-5H2,1H3. The van der Waals surface area contributed by atoms with Crippen molar-refractivity contribution in [1.82, 2.24) is 9.97 Å². The van der Waals surface area contributed by atoms with Gasteiger partial charge in [-0.2, -0.15) is 0 Å². The molecule has 0 N–H and O–H groups in total. The molecule has 1 aliphatic carbocycles. The van der Waals surface area contributed by atoms with Crippen molar-refractivity contribution in [1.29, 1.82) is 0 Å². The van der Waals surface area contributed by atoms with Crippen molar-refractivity contribution < 1.29 is 0 Å². The molecule has 0 amide bonds. The highest BCUT2D eigenvalue weighted by Crippen LogP contribution is 2.31. The van der Waals surface area contributed by atoms with Crippen LogP contribution in [-0.4, -0.2) is 28.4 Å². The zero-order valence-corrected chi connectivity index (χ0v) is 10.7. The average Bonchev–Trinajstić information content (AvgIpc) is 2.29. The first-order valence-corrected chi connectivity index (χ1v) is 6.34. The number of alkyl halides is 1. The molecule has 0 radical (unpaired) electrons. The van der Waals surface area contributed by atoms with Crippen molar-refractivity contribution in [2.75, 3.05) is 11.9 Å². The summed E-state index contributed by atoms with van der Waals surface area (Å²) in [7, 11) is 2.00. The lowest BCUT2D eigenvalue weighted by Crippen LogP contribution is -2.41. The van der Waals surface area contributed by atoms with Crippen molar-refractivity contribution in [3.63, 3.8) is 0 Å². The Bertz CT molecular complexity index is 359. The Morgan fingerprint density at radius 1 is 1.38 bits per heavy atom. The fourth-order valence-corrected chi connectivity index (χ4v) is 2.91. The third kappa shape index (κ3) is 2.41. The van der Waals surface area contributed by atoms with E-state index in [0.717, 1.165) is 18.7 Å². The maximum absolute atomic E-state index is 6.35. The summed E-state index contributed by atoms with van der Waals surface area (Å²) in [6, 6.07) is 0.322. The van der Waals surface area contributed by atoms with Crippen molar-refractivity contribution in [3.05, 3.63) is 17.5 Å². The van der Waals surface area contributed by atoms with E-state index >= 15 is 0 Å². The predicted molar refractivity (Wildman–Crippen MR) is 67.3 cm³/mol. The molecule has 3 nitrogen and oxygen atoms in total. The monoisotopic (exact) mass is 259 g/mol. The molecule has 1 fully saturated rings. The number of hydrogen-bond acceptors (Lipinski definition) is 3. The van der Waals surface area contributed by atoms with Gasteiger partial charge in [-0.05, 0) is 12.8 Å². The molecule has 2 atom stereocenters. The first-order valence-electron chi connectivity index (χ1n) is 5.52. The number of nitrogens with zero attached hydrogens (tertiary/aromatic N) is 3. The Morgan fingerprint density at radius 2 is 2.12 bits per heavy atom. The van der Waals surface area contributed by atoms with Gasteiger partial charge in [0.05, 0.1) is 11.6 Å². The fourth-order valence-electron chi connectivity index (χ4n) is 2.23. The second-order valence-corrected chi connectivity index (χ2v) is 5.14. The molecule has 0 aliphatic heterocycles. The number of hydrogen-bond donors (Lipinski definition) is 0. The lowest BCUT2D eigenvalue weighted by molar-refractivity contribution is 0.432. The van der Waals surface area contributed by atoms with E-state index in [-0.39, 0.29) is 5.38 Å². The Balaban J connectivity index is 2.17. The molecule has 1 aromatic heterocycles. The summed E-state index contributed by atoms with van der Waals surface area (Å²) >= 11 is 12.4. The lowest BCUT2D eigenvalue weighted by atomic mass is 9.94. The molecule has 1 heterocycles. The highest BCUT2D eigenvalue weighted by Gasteiger charge is 2.28. The average molecular weight is 260 g/mol. The summed E-state index contributed by atoms with van der Waals surface area (Å²) in [5, 5.41) is 0.768. The minimum atomic E-state index is 0.185. The summed E-state index contributed by atoms with van der Waals surface area (Å²) in [5.74, 6) is 0.772. The van der Waals surface area contributed by atoms with Gasteiger partial charge in [0, 0.05) is 13.1 Å². The van der Waals surface area contributed by atoms with Crippen molar-refractivity contribution >= 4 is 29.0 Å². The maximum atomic E-state index is 6.35. The summed E-state index contributed by atoms with van der Waals surface area (Å²) in [4.78, 5) is 10.2. The Kier molecular flexibility index (Phi) is 3.87. The van der Waals surface area contributed by atoms with Gasteiger partial charge in [-0.15, -0.1) is 11.6 Å². The normalized spacial score (nSPS) is 25.4. The minimum absolute atomic E-state index is 0.185. The maximum Gasteiger partial charge on any atom is 0.150 e. The third-order valence-corrected chi connectivity index (χ3v) is 3.90. The van der Waals surface area contributed by atoms with Crippen molar-refractivity contribution in [2.24, 2.45) is 0 Å². The van der Waals surface area contributed by atoms with E-state index in [9.17, 15) is 0 Å². The van der Waals surface area contributed by atoms with Gasteiger partial charge in [-0.1, -0.05) is 24.4 Å². The van der Waals surface area contributed by atoms with E-state index in [0.29, 0.717) is 11.1 Å². The highest BCUT2D eigenvalue weighted by atomic mass is 35.5.